The quantitative estimate of drug-likeness (QED) is 0.647. The summed E-state index contributed by atoms with van der Waals surface area (Å²) in [5, 5.41) is 0. The summed E-state index contributed by atoms with van der Waals surface area (Å²) in [5.74, 6) is 0.365. The van der Waals surface area contributed by atoms with E-state index in [-0.39, 0.29) is 0 Å². The molecule has 0 bridgehead atoms. The third-order valence-electron chi connectivity index (χ3n) is 2.41. The van der Waals surface area contributed by atoms with Crippen LogP contribution in [-0.2, 0) is 9.53 Å². The first-order valence-corrected chi connectivity index (χ1v) is 4.96. The fourth-order valence-corrected chi connectivity index (χ4v) is 1.53. The summed E-state index contributed by atoms with van der Waals surface area (Å²) in [5.41, 5.74) is 0. The number of carbonyl (C=O) groups excluding carboxylic acids is 1. The highest BCUT2D eigenvalue weighted by atomic mass is 16.5. The standard InChI is InChI=1S/C10H18O2/c1-2-9(11)6-7-10-5-3-4-8-12-10/h10H,2-8H2,1H3. The fraction of sp³-hybridized carbons (Fsp3) is 0.900. The van der Waals surface area contributed by atoms with E-state index in [9.17, 15) is 4.79 Å². The zero-order valence-corrected chi connectivity index (χ0v) is 7.84. The molecule has 12 heavy (non-hydrogen) atoms. The fourth-order valence-electron chi connectivity index (χ4n) is 1.53. The summed E-state index contributed by atoms with van der Waals surface area (Å²) in [6, 6.07) is 0. The topological polar surface area (TPSA) is 26.3 Å². The van der Waals surface area contributed by atoms with E-state index in [4.69, 9.17) is 4.74 Å². The van der Waals surface area contributed by atoms with Crippen LogP contribution < -0.4 is 0 Å². The van der Waals surface area contributed by atoms with Crippen LogP contribution in [0.4, 0.5) is 0 Å². The Bertz CT molecular complexity index is 137. The largest absolute Gasteiger partial charge is 0.378 e. The van der Waals surface area contributed by atoms with Crippen molar-refractivity contribution in [2.24, 2.45) is 0 Å². The van der Waals surface area contributed by atoms with E-state index < -0.39 is 0 Å². The lowest BCUT2D eigenvalue weighted by Crippen LogP contribution is -2.19. The molecule has 1 fully saturated rings. The minimum absolute atomic E-state index is 0.365. The normalized spacial score (nSPS) is 23.9. The molecule has 0 spiro atoms. The van der Waals surface area contributed by atoms with Crippen molar-refractivity contribution in [2.45, 2.75) is 51.6 Å². The predicted octanol–water partition coefficient (Wildman–Crippen LogP) is 2.31. The van der Waals surface area contributed by atoms with Gasteiger partial charge >= 0.3 is 0 Å². The second-order valence-corrected chi connectivity index (χ2v) is 3.42. The SMILES string of the molecule is CCC(=O)CCC1CCCCO1. The second kappa shape index (κ2) is 5.31. The molecule has 0 radical (unpaired) electrons. The van der Waals surface area contributed by atoms with E-state index in [1.54, 1.807) is 0 Å². The van der Waals surface area contributed by atoms with Crippen LogP contribution in [0, 0.1) is 0 Å². The van der Waals surface area contributed by atoms with Gasteiger partial charge in [0.2, 0.25) is 0 Å². The van der Waals surface area contributed by atoms with E-state index in [2.05, 4.69) is 0 Å². The molecule has 1 atom stereocenters. The second-order valence-electron chi connectivity index (χ2n) is 3.42. The Hall–Kier alpha value is -0.370. The molecule has 1 aliphatic heterocycles. The number of carbonyl (C=O) groups is 1. The molecule has 1 saturated heterocycles. The Labute approximate surface area is 74.3 Å². The van der Waals surface area contributed by atoms with Gasteiger partial charge in [0.15, 0.2) is 0 Å². The van der Waals surface area contributed by atoms with E-state index >= 15 is 0 Å². The lowest BCUT2D eigenvalue weighted by atomic mass is 10.0. The number of hydrogen-bond acceptors (Lipinski definition) is 2. The van der Waals surface area contributed by atoms with Crippen molar-refractivity contribution >= 4 is 5.78 Å². The van der Waals surface area contributed by atoms with E-state index in [0.717, 1.165) is 19.4 Å². The molecule has 1 rings (SSSR count). The lowest BCUT2D eigenvalue weighted by molar-refractivity contribution is -0.119. The van der Waals surface area contributed by atoms with Gasteiger partial charge in [-0.1, -0.05) is 6.92 Å². The van der Waals surface area contributed by atoms with Crippen molar-refractivity contribution in [1.82, 2.24) is 0 Å². The monoisotopic (exact) mass is 170 g/mol. The number of rotatable bonds is 4. The van der Waals surface area contributed by atoms with Crippen molar-refractivity contribution < 1.29 is 9.53 Å². The highest BCUT2D eigenvalue weighted by molar-refractivity contribution is 5.77. The molecule has 1 unspecified atom stereocenters. The Balaban J connectivity index is 2.09. The van der Waals surface area contributed by atoms with Crippen molar-refractivity contribution in [3.63, 3.8) is 0 Å². The summed E-state index contributed by atoms with van der Waals surface area (Å²) in [6.07, 6.45) is 6.30. The molecule has 0 aliphatic carbocycles. The minimum atomic E-state index is 0.365. The van der Waals surface area contributed by atoms with E-state index in [1.165, 1.54) is 12.8 Å². The van der Waals surface area contributed by atoms with Crippen LogP contribution in [0.1, 0.15) is 45.4 Å². The molecular weight excluding hydrogens is 152 g/mol. The minimum Gasteiger partial charge on any atom is -0.378 e. The zero-order valence-electron chi connectivity index (χ0n) is 7.84. The molecule has 2 nitrogen and oxygen atoms in total. The molecule has 70 valence electrons. The van der Waals surface area contributed by atoms with Crippen LogP contribution in [0.3, 0.4) is 0 Å². The first kappa shape index (κ1) is 9.72. The Kier molecular flexibility index (Phi) is 4.30. The van der Waals surface area contributed by atoms with Crippen molar-refractivity contribution in [2.75, 3.05) is 6.61 Å². The maximum Gasteiger partial charge on any atom is 0.132 e. The van der Waals surface area contributed by atoms with Crippen LogP contribution in [-0.4, -0.2) is 18.5 Å². The lowest BCUT2D eigenvalue weighted by Gasteiger charge is -2.21. The first-order valence-electron chi connectivity index (χ1n) is 4.96. The van der Waals surface area contributed by atoms with Gasteiger partial charge in [-0.05, 0) is 25.7 Å². The average molecular weight is 170 g/mol. The first-order chi connectivity index (χ1) is 5.83. The summed E-state index contributed by atoms with van der Waals surface area (Å²) in [6.45, 7) is 2.81. The highest BCUT2D eigenvalue weighted by Crippen LogP contribution is 2.17. The van der Waals surface area contributed by atoms with Crippen LogP contribution >= 0.6 is 0 Å². The van der Waals surface area contributed by atoms with Gasteiger partial charge in [0.25, 0.3) is 0 Å². The summed E-state index contributed by atoms with van der Waals surface area (Å²) in [4.78, 5) is 11.0. The van der Waals surface area contributed by atoms with Gasteiger partial charge in [-0.3, -0.25) is 4.79 Å². The van der Waals surface area contributed by atoms with Crippen LogP contribution in [0.15, 0.2) is 0 Å². The third-order valence-corrected chi connectivity index (χ3v) is 2.41. The number of hydrogen-bond donors (Lipinski definition) is 0. The molecule has 0 N–H and O–H groups in total. The molecular formula is C10H18O2. The van der Waals surface area contributed by atoms with Gasteiger partial charge < -0.3 is 4.74 Å². The van der Waals surface area contributed by atoms with E-state index in [0.29, 0.717) is 24.7 Å². The van der Waals surface area contributed by atoms with Gasteiger partial charge in [-0.15, -0.1) is 0 Å². The Morgan fingerprint density at radius 3 is 2.92 bits per heavy atom. The molecule has 1 aliphatic rings. The molecule has 0 aromatic carbocycles. The molecule has 1 heterocycles. The van der Waals surface area contributed by atoms with E-state index in [1.807, 2.05) is 6.92 Å². The maximum absolute atomic E-state index is 11.0. The Morgan fingerprint density at radius 1 is 1.50 bits per heavy atom. The third kappa shape index (κ3) is 3.35. The van der Waals surface area contributed by atoms with Crippen molar-refractivity contribution in [3.8, 4) is 0 Å². The van der Waals surface area contributed by atoms with Crippen LogP contribution in [0.25, 0.3) is 0 Å². The predicted molar refractivity (Wildman–Crippen MR) is 48.1 cm³/mol. The molecule has 0 aromatic rings. The summed E-state index contributed by atoms with van der Waals surface area (Å²) < 4.78 is 5.52. The zero-order chi connectivity index (χ0) is 8.81. The highest BCUT2D eigenvalue weighted by Gasteiger charge is 2.14. The van der Waals surface area contributed by atoms with Gasteiger partial charge in [-0.2, -0.15) is 0 Å². The van der Waals surface area contributed by atoms with Crippen LogP contribution in [0.2, 0.25) is 0 Å². The molecule has 0 saturated carbocycles. The Morgan fingerprint density at radius 2 is 2.33 bits per heavy atom. The van der Waals surface area contributed by atoms with Gasteiger partial charge in [0.05, 0.1) is 6.10 Å². The number of ether oxygens (including phenoxy) is 1. The van der Waals surface area contributed by atoms with Crippen LogP contribution in [0.5, 0.6) is 0 Å². The van der Waals surface area contributed by atoms with Gasteiger partial charge in [0.1, 0.15) is 5.78 Å². The van der Waals surface area contributed by atoms with Gasteiger partial charge in [-0.25, -0.2) is 0 Å². The van der Waals surface area contributed by atoms with Crippen molar-refractivity contribution in [3.05, 3.63) is 0 Å². The number of ketones is 1. The molecule has 2 heteroatoms. The number of Topliss-reactive ketones (excluding diaryl/α,β-unsaturated/α-hetero) is 1. The van der Waals surface area contributed by atoms with Crippen molar-refractivity contribution in [1.29, 1.82) is 0 Å². The maximum atomic E-state index is 11.0. The van der Waals surface area contributed by atoms with Gasteiger partial charge in [0, 0.05) is 19.4 Å². The smallest absolute Gasteiger partial charge is 0.132 e. The summed E-state index contributed by atoms with van der Waals surface area (Å²) >= 11 is 0. The average Bonchev–Trinajstić information content (AvgIpc) is 2.16. The molecule has 0 aromatic heterocycles. The summed E-state index contributed by atoms with van der Waals surface area (Å²) in [7, 11) is 0. The molecule has 0 amide bonds.